The molecule has 0 aromatic rings. The predicted molar refractivity (Wildman–Crippen MR) is 89.8 cm³/mol. The molecular weight excluding hydrogens is 308 g/mol. The smallest absolute Gasteiger partial charge is 0.317 e. The SMILES string of the molecule is O=C(O)C1CCC(NC(=O)N(CC2CCCO2)C2CCCC2)CC1. The lowest BCUT2D eigenvalue weighted by molar-refractivity contribution is -0.142. The van der Waals surface area contributed by atoms with E-state index in [-0.39, 0.29) is 24.1 Å². The predicted octanol–water partition coefficient (Wildman–Crippen LogP) is 2.76. The topological polar surface area (TPSA) is 78.9 Å². The number of rotatable bonds is 5. The van der Waals surface area contributed by atoms with Crippen molar-refractivity contribution in [3.63, 3.8) is 0 Å². The fourth-order valence-corrected chi connectivity index (χ4v) is 4.36. The Kier molecular flexibility index (Phi) is 5.98. The Balaban J connectivity index is 1.53. The van der Waals surface area contributed by atoms with Crippen molar-refractivity contribution in [3.8, 4) is 0 Å². The van der Waals surface area contributed by atoms with Gasteiger partial charge in [-0.05, 0) is 51.4 Å². The summed E-state index contributed by atoms with van der Waals surface area (Å²) in [7, 11) is 0. The Labute approximate surface area is 143 Å². The molecule has 0 aromatic heterocycles. The van der Waals surface area contributed by atoms with E-state index >= 15 is 0 Å². The number of carbonyl (C=O) groups excluding carboxylic acids is 1. The molecule has 1 aliphatic heterocycles. The van der Waals surface area contributed by atoms with E-state index in [0.717, 1.165) is 45.1 Å². The van der Waals surface area contributed by atoms with Crippen LogP contribution in [0, 0.1) is 5.92 Å². The van der Waals surface area contributed by atoms with Crippen LogP contribution in [-0.4, -0.2) is 53.3 Å². The Bertz CT molecular complexity index is 436. The number of carbonyl (C=O) groups is 2. The lowest BCUT2D eigenvalue weighted by atomic mass is 9.86. The Hall–Kier alpha value is -1.30. The Morgan fingerprint density at radius 2 is 1.71 bits per heavy atom. The second-order valence-electron chi connectivity index (χ2n) is 7.56. The van der Waals surface area contributed by atoms with Crippen LogP contribution in [0.3, 0.4) is 0 Å². The molecule has 1 atom stereocenters. The fourth-order valence-electron chi connectivity index (χ4n) is 4.36. The zero-order valence-electron chi connectivity index (χ0n) is 14.4. The lowest BCUT2D eigenvalue weighted by Gasteiger charge is -2.34. The van der Waals surface area contributed by atoms with Crippen LogP contribution in [0.4, 0.5) is 4.79 Å². The van der Waals surface area contributed by atoms with Crippen LogP contribution < -0.4 is 5.32 Å². The zero-order chi connectivity index (χ0) is 16.9. The molecule has 2 saturated carbocycles. The molecule has 1 heterocycles. The number of ether oxygens (including phenoxy) is 1. The molecule has 0 bridgehead atoms. The normalized spacial score (nSPS) is 31.1. The average Bonchev–Trinajstić information content (AvgIpc) is 3.26. The van der Waals surface area contributed by atoms with Crippen molar-refractivity contribution in [1.29, 1.82) is 0 Å². The van der Waals surface area contributed by atoms with Gasteiger partial charge in [0.25, 0.3) is 0 Å². The minimum atomic E-state index is -0.703. The maximum Gasteiger partial charge on any atom is 0.317 e. The molecule has 0 spiro atoms. The highest BCUT2D eigenvalue weighted by molar-refractivity contribution is 5.75. The maximum absolute atomic E-state index is 12.8. The monoisotopic (exact) mass is 338 g/mol. The summed E-state index contributed by atoms with van der Waals surface area (Å²) in [5, 5.41) is 12.3. The molecule has 1 saturated heterocycles. The molecule has 3 rings (SSSR count). The number of hydrogen-bond acceptors (Lipinski definition) is 3. The third kappa shape index (κ3) is 4.41. The zero-order valence-corrected chi connectivity index (χ0v) is 14.4. The third-order valence-corrected chi connectivity index (χ3v) is 5.85. The van der Waals surface area contributed by atoms with Crippen LogP contribution in [0.25, 0.3) is 0 Å². The van der Waals surface area contributed by atoms with Crippen LogP contribution >= 0.6 is 0 Å². The van der Waals surface area contributed by atoms with Crippen LogP contribution in [0.5, 0.6) is 0 Å². The number of carboxylic acid groups (broad SMARTS) is 1. The largest absolute Gasteiger partial charge is 0.481 e. The molecule has 6 heteroatoms. The standard InChI is InChI=1S/C18H30N2O4/c21-17(22)13-7-9-14(10-8-13)19-18(23)20(15-4-1-2-5-15)12-16-6-3-11-24-16/h13-16H,1-12H2,(H,19,23)(H,21,22). The van der Waals surface area contributed by atoms with Crippen molar-refractivity contribution in [2.75, 3.05) is 13.2 Å². The van der Waals surface area contributed by atoms with Gasteiger partial charge in [-0.1, -0.05) is 12.8 Å². The molecule has 1 unspecified atom stereocenters. The van der Waals surface area contributed by atoms with Gasteiger partial charge in [-0.15, -0.1) is 0 Å². The third-order valence-electron chi connectivity index (χ3n) is 5.85. The molecule has 0 radical (unpaired) electrons. The van der Waals surface area contributed by atoms with Crippen LogP contribution in [0.15, 0.2) is 0 Å². The van der Waals surface area contributed by atoms with E-state index in [4.69, 9.17) is 9.84 Å². The highest BCUT2D eigenvalue weighted by Crippen LogP contribution is 2.27. The van der Waals surface area contributed by atoms with Gasteiger partial charge in [-0.25, -0.2) is 4.79 Å². The molecular formula is C18H30N2O4. The van der Waals surface area contributed by atoms with Crippen molar-refractivity contribution in [2.24, 2.45) is 5.92 Å². The van der Waals surface area contributed by atoms with Crippen molar-refractivity contribution in [1.82, 2.24) is 10.2 Å². The fraction of sp³-hybridized carbons (Fsp3) is 0.889. The van der Waals surface area contributed by atoms with Gasteiger partial charge >= 0.3 is 12.0 Å². The average molecular weight is 338 g/mol. The summed E-state index contributed by atoms with van der Waals surface area (Å²) in [4.78, 5) is 25.9. The second-order valence-corrected chi connectivity index (χ2v) is 7.56. The molecule has 3 aliphatic rings. The summed E-state index contributed by atoms with van der Waals surface area (Å²) < 4.78 is 5.74. The van der Waals surface area contributed by atoms with Gasteiger partial charge in [-0.3, -0.25) is 4.79 Å². The summed E-state index contributed by atoms with van der Waals surface area (Å²) in [6.45, 7) is 1.50. The molecule has 2 aliphatic carbocycles. The number of urea groups is 1. The van der Waals surface area contributed by atoms with Crippen molar-refractivity contribution < 1.29 is 19.4 Å². The molecule has 2 N–H and O–H groups in total. The highest BCUT2D eigenvalue weighted by atomic mass is 16.5. The molecule has 136 valence electrons. The van der Waals surface area contributed by atoms with Gasteiger partial charge in [0.15, 0.2) is 0 Å². The molecule has 6 nitrogen and oxygen atoms in total. The highest BCUT2D eigenvalue weighted by Gasteiger charge is 2.32. The minimum Gasteiger partial charge on any atom is -0.481 e. The van der Waals surface area contributed by atoms with Gasteiger partial charge in [0.2, 0.25) is 0 Å². The maximum atomic E-state index is 12.8. The van der Waals surface area contributed by atoms with E-state index in [0.29, 0.717) is 25.4 Å². The molecule has 3 fully saturated rings. The first-order valence-electron chi connectivity index (χ1n) is 9.55. The molecule has 2 amide bonds. The molecule has 24 heavy (non-hydrogen) atoms. The first-order chi connectivity index (χ1) is 11.6. The van der Waals surface area contributed by atoms with Crippen LogP contribution in [0.1, 0.15) is 64.2 Å². The summed E-state index contributed by atoms with van der Waals surface area (Å²) in [5.74, 6) is -0.943. The quantitative estimate of drug-likeness (QED) is 0.808. The number of amides is 2. The van der Waals surface area contributed by atoms with E-state index in [1.54, 1.807) is 0 Å². The van der Waals surface area contributed by atoms with Crippen molar-refractivity contribution >= 4 is 12.0 Å². The first-order valence-corrected chi connectivity index (χ1v) is 9.55. The van der Waals surface area contributed by atoms with E-state index in [9.17, 15) is 9.59 Å². The van der Waals surface area contributed by atoms with Gasteiger partial charge in [-0.2, -0.15) is 0 Å². The van der Waals surface area contributed by atoms with E-state index in [2.05, 4.69) is 5.32 Å². The van der Waals surface area contributed by atoms with Gasteiger partial charge in [0.1, 0.15) is 0 Å². The summed E-state index contributed by atoms with van der Waals surface area (Å²) in [5.41, 5.74) is 0. The number of nitrogens with zero attached hydrogens (tertiary/aromatic N) is 1. The van der Waals surface area contributed by atoms with Gasteiger partial charge in [0, 0.05) is 25.2 Å². The first kappa shape index (κ1) is 17.5. The lowest BCUT2D eigenvalue weighted by Crippen LogP contribution is -2.51. The van der Waals surface area contributed by atoms with Crippen molar-refractivity contribution in [3.05, 3.63) is 0 Å². The number of aliphatic carboxylic acids is 1. The minimum absolute atomic E-state index is 0.0242. The second kappa shape index (κ2) is 8.19. The van der Waals surface area contributed by atoms with E-state index < -0.39 is 5.97 Å². The summed E-state index contributed by atoms with van der Waals surface area (Å²) in [6, 6.07) is 0.474. The van der Waals surface area contributed by atoms with Crippen LogP contribution in [-0.2, 0) is 9.53 Å². The van der Waals surface area contributed by atoms with Crippen LogP contribution in [0.2, 0.25) is 0 Å². The van der Waals surface area contributed by atoms with E-state index in [1.165, 1.54) is 12.8 Å². The Morgan fingerprint density at radius 1 is 1.00 bits per heavy atom. The number of hydrogen-bond donors (Lipinski definition) is 2. The van der Waals surface area contributed by atoms with Gasteiger partial charge < -0.3 is 20.1 Å². The number of nitrogens with one attached hydrogen (secondary N) is 1. The summed E-state index contributed by atoms with van der Waals surface area (Å²) in [6.07, 6.45) is 9.74. The van der Waals surface area contributed by atoms with Crippen molar-refractivity contribution in [2.45, 2.75) is 82.4 Å². The summed E-state index contributed by atoms with van der Waals surface area (Å²) >= 11 is 0. The number of carboxylic acids is 1. The van der Waals surface area contributed by atoms with Gasteiger partial charge in [0.05, 0.1) is 12.0 Å². The molecule has 0 aromatic carbocycles. The van der Waals surface area contributed by atoms with E-state index in [1.807, 2.05) is 4.90 Å². The Morgan fingerprint density at radius 3 is 2.29 bits per heavy atom.